The number of rotatable bonds is 4. The maximum Gasteiger partial charge on any atom is 0.315 e. The summed E-state index contributed by atoms with van der Waals surface area (Å²) in [6.07, 6.45) is 4.82. The second kappa shape index (κ2) is 6.67. The normalized spacial score (nSPS) is 20.2. The van der Waals surface area contributed by atoms with Gasteiger partial charge in [-0.1, -0.05) is 29.8 Å². The zero-order valence-corrected chi connectivity index (χ0v) is 12.9. The molecule has 1 saturated carbocycles. The lowest BCUT2D eigenvalue weighted by Crippen LogP contribution is -2.48. The van der Waals surface area contributed by atoms with Crippen molar-refractivity contribution in [2.24, 2.45) is 0 Å². The molecule has 0 aromatic heterocycles. The van der Waals surface area contributed by atoms with E-state index in [9.17, 15) is 4.79 Å². The van der Waals surface area contributed by atoms with Gasteiger partial charge in [0.25, 0.3) is 0 Å². The van der Waals surface area contributed by atoms with Gasteiger partial charge in [-0.2, -0.15) is 0 Å². The minimum Gasteiger partial charge on any atom is -0.335 e. The van der Waals surface area contributed by atoms with Gasteiger partial charge in [0.1, 0.15) is 0 Å². The number of hydrogen-bond acceptors (Lipinski definition) is 2. The Balaban J connectivity index is 1.39. The molecule has 1 aliphatic heterocycles. The number of urea groups is 1. The first-order chi connectivity index (χ1) is 10.2. The summed E-state index contributed by atoms with van der Waals surface area (Å²) in [6, 6.07) is 8.61. The van der Waals surface area contributed by atoms with Crippen molar-refractivity contribution in [1.29, 1.82) is 0 Å². The van der Waals surface area contributed by atoms with Crippen LogP contribution in [0.4, 0.5) is 4.79 Å². The molecule has 0 bridgehead atoms. The Morgan fingerprint density at radius 1 is 1.19 bits per heavy atom. The Morgan fingerprint density at radius 2 is 1.90 bits per heavy atom. The minimum absolute atomic E-state index is 0.0974. The van der Waals surface area contributed by atoms with Gasteiger partial charge in [0.2, 0.25) is 0 Å². The van der Waals surface area contributed by atoms with Crippen LogP contribution in [0.15, 0.2) is 24.3 Å². The second-order valence-electron chi connectivity index (χ2n) is 5.96. The topological polar surface area (TPSA) is 44.4 Å². The first-order valence-electron chi connectivity index (χ1n) is 7.74. The molecule has 114 valence electrons. The monoisotopic (exact) mass is 307 g/mol. The summed E-state index contributed by atoms with van der Waals surface area (Å²) in [5, 5.41) is 6.64. The number of likely N-dealkylation sites (tertiary alicyclic amines) is 1. The van der Waals surface area contributed by atoms with Gasteiger partial charge < -0.3 is 15.5 Å². The highest BCUT2D eigenvalue weighted by molar-refractivity contribution is 6.31. The number of hydrogen-bond donors (Lipinski definition) is 2. The third-order valence-electron chi connectivity index (χ3n) is 4.33. The van der Waals surface area contributed by atoms with E-state index in [-0.39, 0.29) is 6.03 Å². The van der Waals surface area contributed by atoms with E-state index < -0.39 is 0 Å². The number of amides is 2. The number of nitrogens with zero attached hydrogens (tertiary/aromatic N) is 1. The number of carbonyl (C=O) groups excluding carboxylic acids is 1. The highest BCUT2D eigenvalue weighted by Gasteiger charge is 2.32. The Morgan fingerprint density at radius 3 is 2.57 bits per heavy atom. The molecule has 0 unspecified atom stereocenters. The number of benzene rings is 1. The average Bonchev–Trinajstić information content (AvgIpc) is 3.32. The Labute approximate surface area is 130 Å². The van der Waals surface area contributed by atoms with Crippen LogP contribution in [-0.2, 0) is 6.54 Å². The van der Waals surface area contributed by atoms with Gasteiger partial charge in [-0.25, -0.2) is 4.79 Å². The van der Waals surface area contributed by atoms with E-state index in [1.807, 2.05) is 24.3 Å². The maximum absolute atomic E-state index is 11.9. The fraction of sp³-hybridized carbons (Fsp3) is 0.562. The molecule has 4 nitrogen and oxygen atoms in total. The van der Waals surface area contributed by atoms with Gasteiger partial charge >= 0.3 is 6.03 Å². The predicted molar refractivity (Wildman–Crippen MR) is 84.4 cm³/mol. The number of nitrogens with one attached hydrogen (secondary N) is 2. The molecular formula is C16H22ClN3O. The van der Waals surface area contributed by atoms with Crippen molar-refractivity contribution < 1.29 is 4.79 Å². The van der Waals surface area contributed by atoms with E-state index in [1.54, 1.807) is 0 Å². The van der Waals surface area contributed by atoms with Crippen LogP contribution >= 0.6 is 11.6 Å². The van der Waals surface area contributed by atoms with Crippen molar-refractivity contribution in [3.8, 4) is 0 Å². The molecule has 1 saturated heterocycles. The molecule has 0 radical (unpaired) electrons. The summed E-state index contributed by atoms with van der Waals surface area (Å²) < 4.78 is 0. The quantitative estimate of drug-likeness (QED) is 0.898. The molecule has 2 amide bonds. The first-order valence-corrected chi connectivity index (χ1v) is 8.12. The molecule has 3 rings (SSSR count). The first kappa shape index (κ1) is 14.7. The molecule has 1 heterocycles. The Bertz CT molecular complexity index is 496. The van der Waals surface area contributed by atoms with Crippen molar-refractivity contribution in [1.82, 2.24) is 15.5 Å². The largest absolute Gasteiger partial charge is 0.335 e. The minimum atomic E-state index is -0.0974. The highest BCUT2D eigenvalue weighted by Crippen LogP contribution is 2.29. The average molecular weight is 308 g/mol. The lowest BCUT2D eigenvalue weighted by molar-refractivity contribution is 0.186. The molecule has 1 aromatic rings. The van der Waals surface area contributed by atoms with Gasteiger partial charge in [0.15, 0.2) is 0 Å². The van der Waals surface area contributed by atoms with E-state index in [2.05, 4.69) is 15.5 Å². The van der Waals surface area contributed by atoms with Crippen LogP contribution in [0.2, 0.25) is 5.02 Å². The summed E-state index contributed by atoms with van der Waals surface area (Å²) in [6.45, 7) is 2.69. The zero-order chi connectivity index (χ0) is 14.7. The van der Waals surface area contributed by atoms with Crippen LogP contribution in [0.3, 0.4) is 0 Å². The SMILES string of the molecule is O=C(NCc1ccccc1Cl)NC1CCN(C2CC2)CC1. The molecule has 0 atom stereocenters. The molecule has 21 heavy (non-hydrogen) atoms. The van der Waals surface area contributed by atoms with Crippen molar-refractivity contribution in [3.63, 3.8) is 0 Å². The number of halogens is 1. The standard InChI is InChI=1S/C16H22ClN3O/c17-15-4-2-1-3-12(15)11-18-16(21)19-13-7-9-20(10-8-13)14-5-6-14/h1-4,13-14H,5-11H2,(H2,18,19,21). The lowest BCUT2D eigenvalue weighted by Gasteiger charge is -2.32. The molecule has 1 aliphatic carbocycles. The molecule has 2 N–H and O–H groups in total. The van der Waals surface area contributed by atoms with Crippen molar-refractivity contribution in [2.45, 2.75) is 44.3 Å². The third-order valence-corrected chi connectivity index (χ3v) is 4.69. The summed E-state index contributed by atoms with van der Waals surface area (Å²) >= 11 is 6.07. The van der Waals surface area contributed by atoms with Crippen LogP contribution < -0.4 is 10.6 Å². The summed E-state index contributed by atoms with van der Waals surface area (Å²) in [4.78, 5) is 14.5. The molecular weight excluding hydrogens is 286 g/mol. The van der Waals surface area contributed by atoms with Gasteiger partial charge in [-0.05, 0) is 37.3 Å². The smallest absolute Gasteiger partial charge is 0.315 e. The zero-order valence-electron chi connectivity index (χ0n) is 12.1. The van der Waals surface area contributed by atoms with Crippen LogP contribution in [0, 0.1) is 0 Å². The fourth-order valence-electron chi connectivity index (χ4n) is 2.90. The summed E-state index contributed by atoms with van der Waals surface area (Å²) in [5.41, 5.74) is 0.942. The van der Waals surface area contributed by atoms with Gasteiger partial charge in [0, 0.05) is 36.7 Å². The van der Waals surface area contributed by atoms with Crippen molar-refractivity contribution in [3.05, 3.63) is 34.9 Å². The fourth-order valence-corrected chi connectivity index (χ4v) is 3.10. The number of piperidine rings is 1. The lowest BCUT2D eigenvalue weighted by atomic mass is 10.1. The van der Waals surface area contributed by atoms with Crippen LogP contribution in [0.25, 0.3) is 0 Å². The van der Waals surface area contributed by atoms with E-state index in [0.29, 0.717) is 17.6 Å². The van der Waals surface area contributed by atoms with E-state index in [0.717, 1.165) is 37.5 Å². The van der Waals surface area contributed by atoms with Gasteiger partial charge in [-0.3, -0.25) is 0 Å². The Hall–Kier alpha value is -1.26. The Kier molecular flexibility index (Phi) is 4.66. The second-order valence-corrected chi connectivity index (χ2v) is 6.37. The molecule has 0 spiro atoms. The van der Waals surface area contributed by atoms with Crippen molar-refractivity contribution in [2.75, 3.05) is 13.1 Å². The van der Waals surface area contributed by atoms with Crippen molar-refractivity contribution >= 4 is 17.6 Å². The maximum atomic E-state index is 11.9. The van der Waals surface area contributed by atoms with Crippen LogP contribution in [0.1, 0.15) is 31.2 Å². The number of carbonyl (C=O) groups is 1. The molecule has 1 aromatic carbocycles. The highest BCUT2D eigenvalue weighted by atomic mass is 35.5. The molecule has 2 aliphatic rings. The molecule has 5 heteroatoms. The summed E-state index contributed by atoms with van der Waals surface area (Å²) in [7, 11) is 0. The van der Waals surface area contributed by atoms with Crippen LogP contribution in [0.5, 0.6) is 0 Å². The van der Waals surface area contributed by atoms with E-state index in [4.69, 9.17) is 11.6 Å². The van der Waals surface area contributed by atoms with E-state index >= 15 is 0 Å². The predicted octanol–water partition coefficient (Wildman–Crippen LogP) is 2.77. The van der Waals surface area contributed by atoms with Crippen LogP contribution in [-0.4, -0.2) is 36.1 Å². The van der Waals surface area contributed by atoms with Gasteiger partial charge in [0.05, 0.1) is 0 Å². The van der Waals surface area contributed by atoms with E-state index in [1.165, 1.54) is 12.8 Å². The summed E-state index contributed by atoms with van der Waals surface area (Å²) in [5.74, 6) is 0. The van der Waals surface area contributed by atoms with Gasteiger partial charge in [-0.15, -0.1) is 0 Å². The molecule has 2 fully saturated rings. The third kappa shape index (κ3) is 4.11.